The number of nitrogens with two attached hydrogens (primary N) is 1. The molecule has 0 aromatic heterocycles. The summed E-state index contributed by atoms with van der Waals surface area (Å²) in [7, 11) is 4.04. The lowest BCUT2D eigenvalue weighted by atomic mass is 9.89. The second kappa shape index (κ2) is 5.65. The summed E-state index contributed by atoms with van der Waals surface area (Å²) < 4.78 is 5.48. The van der Waals surface area contributed by atoms with E-state index in [9.17, 15) is 0 Å². The molecule has 0 aliphatic carbocycles. The van der Waals surface area contributed by atoms with Crippen LogP contribution < -0.4 is 5.73 Å². The summed E-state index contributed by atoms with van der Waals surface area (Å²) in [6.07, 6.45) is 5.29. The van der Waals surface area contributed by atoms with Crippen LogP contribution in [0, 0.1) is 0 Å². The first-order chi connectivity index (χ1) is 8.20. The van der Waals surface area contributed by atoms with Gasteiger partial charge in [-0.3, -0.25) is 4.90 Å². The van der Waals surface area contributed by atoms with Gasteiger partial charge in [0.25, 0.3) is 0 Å². The highest BCUT2D eigenvalue weighted by atomic mass is 16.5. The monoisotopic (exact) mass is 241 g/mol. The number of hydrogen-bond donors (Lipinski definition) is 1. The Morgan fingerprint density at radius 1 is 1.29 bits per heavy atom. The maximum atomic E-state index is 6.12. The minimum absolute atomic E-state index is 0.234. The van der Waals surface area contributed by atoms with E-state index in [1.807, 2.05) is 7.11 Å². The van der Waals surface area contributed by atoms with Crippen LogP contribution in [0.2, 0.25) is 0 Å². The number of nitrogens with zero attached hydrogens (tertiary/aromatic N) is 2. The van der Waals surface area contributed by atoms with Crippen LogP contribution in [0.25, 0.3) is 0 Å². The molecule has 2 aliphatic heterocycles. The first-order valence-corrected chi connectivity index (χ1v) is 6.87. The van der Waals surface area contributed by atoms with E-state index in [2.05, 4.69) is 16.8 Å². The Bertz CT molecular complexity index is 249. The molecule has 4 heteroatoms. The molecule has 0 spiro atoms. The van der Waals surface area contributed by atoms with Crippen LogP contribution in [-0.4, -0.2) is 68.3 Å². The third-order valence-electron chi connectivity index (χ3n) is 4.67. The van der Waals surface area contributed by atoms with E-state index in [4.69, 9.17) is 10.5 Å². The molecule has 2 fully saturated rings. The summed E-state index contributed by atoms with van der Waals surface area (Å²) in [6, 6.07) is 0. The summed E-state index contributed by atoms with van der Waals surface area (Å²) in [5.41, 5.74) is 6.35. The van der Waals surface area contributed by atoms with E-state index >= 15 is 0 Å². The highest BCUT2D eigenvalue weighted by molar-refractivity contribution is 4.97. The number of hydrogen-bond acceptors (Lipinski definition) is 4. The molecule has 0 amide bonds. The van der Waals surface area contributed by atoms with Crippen molar-refractivity contribution in [1.82, 2.24) is 9.80 Å². The number of likely N-dealkylation sites (tertiary alicyclic amines) is 2. The summed E-state index contributed by atoms with van der Waals surface area (Å²) in [4.78, 5) is 5.03. The molecule has 0 bridgehead atoms. The number of methoxy groups -OCH3 is 1. The summed E-state index contributed by atoms with van der Waals surface area (Å²) in [6.45, 7) is 5.39. The van der Waals surface area contributed by atoms with Crippen LogP contribution in [0.3, 0.4) is 0 Å². The van der Waals surface area contributed by atoms with Crippen molar-refractivity contribution < 1.29 is 4.74 Å². The molecule has 2 N–H and O–H groups in total. The van der Waals surface area contributed by atoms with Crippen molar-refractivity contribution in [2.75, 3.05) is 46.9 Å². The van der Waals surface area contributed by atoms with Gasteiger partial charge in [0.05, 0.1) is 6.10 Å². The summed E-state index contributed by atoms with van der Waals surface area (Å²) in [5, 5.41) is 0. The van der Waals surface area contributed by atoms with Crippen molar-refractivity contribution in [3.8, 4) is 0 Å². The average molecular weight is 241 g/mol. The van der Waals surface area contributed by atoms with Crippen LogP contribution in [0.4, 0.5) is 0 Å². The second-order valence-electron chi connectivity index (χ2n) is 5.68. The Balaban J connectivity index is 2.03. The Hall–Kier alpha value is -0.160. The molecule has 0 aromatic carbocycles. The molecular formula is C13H27N3O. The van der Waals surface area contributed by atoms with Gasteiger partial charge in [-0.1, -0.05) is 0 Å². The van der Waals surface area contributed by atoms with Gasteiger partial charge < -0.3 is 15.4 Å². The summed E-state index contributed by atoms with van der Waals surface area (Å²) >= 11 is 0. The predicted octanol–water partition coefficient (Wildman–Crippen LogP) is 0.520. The first-order valence-electron chi connectivity index (χ1n) is 6.87. The molecule has 2 saturated heterocycles. The highest BCUT2D eigenvalue weighted by Crippen LogP contribution is 2.31. The Morgan fingerprint density at radius 2 is 2.12 bits per heavy atom. The Labute approximate surface area is 105 Å². The molecule has 0 radical (unpaired) electrons. The zero-order valence-corrected chi connectivity index (χ0v) is 11.3. The normalized spacial score (nSPS) is 37.2. The average Bonchev–Trinajstić information content (AvgIpc) is 2.75. The van der Waals surface area contributed by atoms with Crippen LogP contribution in [0.5, 0.6) is 0 Å². The Kier molecular flexibility index (Phi) is 4.42. The molecule has 2 atom stereocenters. The molecule has 4 nitrogen and oxygen atoms in total. The molecule has 2 heterocycles. The minimum Gasteiger partial charge on any atom is -0.380 e. The maximum absolute atomic E-state index is 6.12. The van der Waals surface area contributed by atoms with Gasteiger partial charge in [-0.2, -0.15) is 0 Å². The third-order valence-corrected chi connectivity index (χ3v) is 4.67. The van der Waals surface area contributed by atoms with Crippen molar-refractivity contribution in [3.05, 3.63) is 0 Å². The molecule has 2 unspecified atom stereocenters. The SMILES string of the molecule is COC1CCN(C2(CN)CCCN(C)CC2)C1. The first kappa shape index (κ1) is 13.3. The zero-order chi connectivity index (χ0) is 12.3. The fourth-order valence-corrected chi connectivity index (χ4v) is 3.31. The fourth-order valence-electron chi connectivity index (χ4n) is 3.31. The van der Waals surface area contributed by atoms with Crippen molar-refractivity contribution in [2.45, 2.75) is 37.3 Å². The van der Waals surface area contributed by atoms with E-state index in [0.717, 1.165) is 26.1 Å². The van der Waals surface area contributed by atoms with Crippen LogP contribution in [-0.2, 0) is 4.74 Å². The molecule has 100 valence electrons. The smallest absolute Gasteiger partial charge is 0.0710 e. The van der Waals surface area contributed by atoms with Gasteiger partial charge in [-0.25, -0.2) is 0 Å². The van der Waals surface area contributed by atoms with E-state index < -0.39 is 0 Å². The van der Waals surface area contributed by atoms with E-state index in [1.54, 1.807) is 0 Å². The molecule has 0 saturated carbocycles. The van der Waals surface area contributed by atoms with Gasteiger partial charge in [-0.05, 0) is 45.8 Å². The highest BCUT2D eigenvalue weighted by Gasteiger charge is 2.40. The minimum atomic E-state index is 0.234. The van der Waals surface area contributed by atoms with Gasteiger partial charge >= 0.3 is 0 Å². The quantitative estimate of drug-likeness (QED) is 0.782. The van der Waals surface area contributed by atoms with Crippen LogP contribution in [0.15, 0.2) is 0 Å². The molecule has 2 rings (SSSR count). The topological polar surface area (TPSA) is 41.7 Å². The molecule has 0 aromatic rings. The second-order valence-corrected chi connectivity index (χ2v) is 5.68. The van der Waals surface area contributed by atoms with Crippen molar-refractivity contribution in [1.29, 1.82) is 0 Å². The van der Waals surface area contributed by atoms with Crippen molar-refractivity contribution in [2.24, 2.45) is 5.73 Å². The molecular weight excluding hydrogens is 214 g/mol. The Morgan fingerprint density at radius 3 is 2.76 bits per heavy atom. The van der Waals surface area contributed by atoms with Crippen molar-refractivity contribution in [3.63, 3.8) is 0 Å². The lowest BCUT2D eigenvalue weighted by Crippen LogP contribution is -2.53. The van der Waals surface area contributed by atoms with Gasteiger partial charge in [0.1, 0.15) is 0 Å². The van der Waals surface area contributed by atoms with E-state index in [0.29, 0.717) is 6.10 Å². The predicted molar refractivity (Wildman–Crippen MR) is 70.1 cm³/mol. The van der Waals surface area contributed by atoms with Crippen LogP contribution >= 0.6 is 0 Å². The molecule has 17 heavy (non-hydrogen) atoms. The lowest BCUT2D eigenvalue weighted by Gasteiger charge is -2.40. The van der Waals surface area contributed by atoms with Gasteiger partial charge in [0.2, 0.25) is 0 Å². The van der Waals surface area contributed by atoms with Gasteiger partial charge in [0, 0.05) is 32.3 Å². The van der Waals surface area contributed by atoms with Gasteiger partial charge in [-0.15, -0.1) is 0 Å². The van der Waals surface area contributed by atoms with Gasteiger partial charge in [0.15, 0.2) is 0 Å². The summed E-state index contributed by atoms with van der Waals surface area (Å²) in [5.74, 6) is 0. The van der Waals surface area contributed by atoms with E-state index in [-0.39, 0.29) is 5.54 Å². The fraction of sp³-hybridized carbons (Fsp3) is 1.00. The third kappa shape index (κ3) is 2.81. The largest absolute Gasteiger partial charge is 0.380 e. The zero-order valence-electron chi connectivity index (χ0n) is 11.3. The molecule has 2 aliphatic rings. The van der Waals surface area contributed by atoms with Crippen LogP contribution in [0.1, 0.15) is 25.7 Å². The number of rotatable bonds is 3. The maximum Gasteiger partial charge on any atom is 0.0710 e. The standard InChI is InChI=1S/C13H27N3O/c1-15-7-3-5-13(11-14,6-9-15)16-8-4-12(10-16)17-2/h12H,3-11,14H2,1-2H3. The van der Waals surface area contributed by atoms with E-state index in [1.165, 1.54) is 32.4 Å². The van der Waals surface area contributed by atoms with Crippen molar-refractivity contribution >= 4 is 0 Å². The lowest BCUT2D eigenvalue weighted by molar-refractivity contribution is 0.0653. The number of ether oxygens (including phenoxy) is 1.